The second kappa shape index (κ2) is 10.7. The highest BCUT2D eigenvalue weighted by Crippen LogP contribution is 2.39. The third kappa shape index (κ3) is 5.20. The van der Waals surface area contributed by atoms with Gasteiger partial charge in [0.1, 0.15) is 17.2 Å². The fourth-order valence-corrected chi connectivity index (χ4v) is 5.86. The second-order valence-corrected chi connectivity index (χ2v) is 10.1. The summed E-state index contributed by atoms with van der Waals surface area (Å²) in [5.74, 6) is 1.45. The maximum atomic E-state index is 13.4. The molecule has 37 heavy (non-hydrogen) atoms. The first kappa shape index (κ1) is 24.9. The number of hydrogen-bond donors (Lipinski definition) is 1. The zero-order chi connectivity index (χ0) is 25.9. The summed E-state index contributed by atoms with van der Waals surface area (Å²) in [4.78, 5) is 36.3. The number of carbonyl (C=O) groups excluding carboxylic acids is 2. The van der Waals surface area contributed by atoms with E-state index in [-0.39, 0.29) is 17.7 Å². The van der Waals surface area contributed by atoms with E-state index in [0.717, 1.165) is 47.9 Å². The smallest absolute Gasteiger partial charge is 0.257 e. The Hall–Kier alpha value is -3.79. The van der Waals surface area contributed by atoms with Gasteiger partial charge in [-0.25, -0.2) is 4.98 Å². The number of piperazine rings is 1. The number of benzene rings is 2. The molecule has 10 heteroatoms. The lowest BCUT2D eigenvalue weighted by Gasteiger charge is -2.37. The van der Waals surface area contributed by atoms with Crippen LogP contribution in [0.5, 0.6) is 17.2 Å². The Morgan fingerprint density at radius 2 is 1.57 bits per heavy atom. The molecule has 2 heterocycles. The number of hydrogen-bond acceptors (Lipinski definition) is 8. The summed E-state index contributed by atoms with van der Waals surface area (Å²) in [5.41, 5.74) is 2.34. The van der Waals surface area contributed by atoms with E-state index in [0.29, 0.717) is 35.3 Å². The summed E-state index contributed by atoms with van der Waals surface area (Å²) >= 11 is 1.44. The van der Waals surface area contributed by atoms with Gasteiger partial charge < -0.3 is 24.0 Å². The van der Waals surface area contributed by atoms with Crippen LogP contribution in [0.4, 0.5) is 10.8 Å². The summed E-state index contributed by atoms with van der Waals surface area (Å²) < 4.78 is 15.8. The first-order valence-electron chi connectivity index (χ1n) is 12.2. The average molecular weight is 523 g/mol. The number of rotatable bonds is 7. The van der Waals surface area contributed by atoms with Gasteiger partial charge in [0.2, 0.25) is 5.91 Å². The van der Waals surface area contributed by atoms with Crippen LogP contribution in [0.3, 0.4) is 0 Å². The van der Waals surface area contributed by atoms with Crippen LogP contribution in [-0.2, 0) is 11.2 Å². The maximum Gasteiger partial charge on any atom is 0.257 e. The third-order valence-corrected chi connectivity index (χ3v) is 7.93. The lowest BCUT2D eigenvalue weighted by molar-refractivity contribution is -0.133. The van der Waals surface area contributed by atoms with Crippen LogP contribution < -0.4 is 24.4 Å². The molecule has 1 fully saturated rings. The molecule has 2 amide bonds. The molecule has 1 atom stereocenters. The summed E-state index contributed by atoms with van der Waals surface area (Å²) in [6.07, 6.45) is 1.55. The number of methoxy groups -OCH3 is 3. The van der Waals surface area contributed by atoms with Crippen molar-refractivity contribution in [1.29, 1.82) is 0 Å². The Bertz CT molecular complexity index is 1260. The standard InChI is InChI=1S/C27H30N4O5S/c1-34-19-6-4-18(5-7-19)30-10-12-31(13-11-30)26(33)22-8-9-23-24(22)28-27(37-23)29-25(32)17-14-20(35-2)16-21(15-17)36-3/h4-7,14-16,22H,8-13H2,1-3H3,(H,28,29,32). The normalized spacial score (nSPS) is 16.8. The van der Waals surface area contributed by atoms with Crippen LogP contribution >= 0.6 is 11.3 Å². The SMILES string of the molecule is COc1ccc(N2CCN(C(=O)C3CCc4sc(NC(=O)c5cc(OC)cc(OC)c5)nc43)CC2)cc1. The Balaban J connectivity index is 1.22. The molecule has 1 saturated heterocycles. The molecule has 3 aromatic rings. The zero-order valence-electron chi connectivity index (χ0n) is 21.2. The van der Waals surface area contributed by atoms with Crippen LogP contribution in [0.2, 0.25) is 0 Å². The number of anilines is 2. The molecule has 1 unspecified atom stereocenters. The lowest BCUT2D eigenvalue weighted by Crippen LogP contribution is -2.50. The largest absolute Gasteiger partial charge is 0.497 e. The first-order chi connectivity index (χ1) is 18.0. The fraction of sp³-hybridized carbons (Fsp3) is 0.370. The quantitative estimate of drug-likeness (QED) is 0.505. The van der Waals surface area contributed by atoms with Gasteiger partial charge in [0.15, 0.2) is 5.13 Å². The molecule has 194 valence electrons. The van der Waals surface area contributed by atoms with E-state index >= 15 is 0 Å². The molecule has 9 nitrogen and oxygen atoms in total. The van der Waals surface area contributed by atoms with E-state index in [9.17, 15) is 9.59 Å². The van der Waals surface area contributed by atoms with E-state index in [4.69, 9.17) is 14.2 Å². The van der Waals surface area contributed by atoms with Gasteiger partial charge in [0.05, 0.1) is 32.9 Å². The van der Waals surface area contributed by atoms with Crippen LogP contribution in [0.25, 0.3) is 0 Å². The van der Waals surface area contributed by atoms with Gasteiger partial charge in [-0.2, -0.15) is 0 Å². The number of thiazole rings is 1. The minimum atomic E-state index is -0.304. The van der Waals surface area contributed by atoms with Gasteiger partial charge in [-0.05, 0) is 49.2 Å². The molecule has 1 N–H and O–H groups in total. The molecule has 5 rings (SSSR count). The highest BCUT2D eigenvalue weighted by Gasteiger charge is 2.36. The van der Waals surface area contributed by atoms with Gasteiger partial charge in [0, 0.05) is 48.4 Å². The number of aryl methyl sites for hydroxylation is 1. The third-order valence-electron chi connectivity index (χ3n) is 6.88. The van der Waals surface area contributed by atoms with Crippen molar-refractivity contribution in [2.45, 2.75) is 18.8 Å². The number of ether oxygens (including phenoxy) is 3. The topological polar surface area (TPSA) is 93.2 Å². The number of nitrogens with one attached hydrogen (secondary N) is 1. The Morgan fingerprint density at radius 1 is 0.919 bits per heavy atom. The Morgan fingerprint density at radius 3 is 2.19 bits per heavy atom. The number of amides is 2. The maximum absolute atomic E-state index is 13.4. The molecular formula is C27H30N4O5S. The van der Waals surface area contributed by atoms with Gasteiger partial charge >= 0.3 is 0 Å². The summed E-state index contributed by atoms with van der Waals surface area (Å²) in [6.45, 7) is 2.89. The van der Waals surface area contributed by atoms with Crippen molar-refractivity contribution >= 4 is 34.0 Å². The van der Waals surface area contributed by atoms with Crippen LogP contribution in [0.1, 0.15) is 33.3 Å². The van der Waals surface area contributed by atoms with E-state index < -0.39 is 0 Å². The van der Waals surface area contributed by atoms with E-state index in [1.807, 2.05) is 29.2 Å². The Labute approximate surface area is 220 Å². The van der Waals surface area contributed by atoms with Crippen molar-refractivity contribution < 1.29 is 23.8 Å². The molecule has 0 spiro atoms. The van der Waals surface area contributed by atoms with E-state index in [1.54, 1.807) is 25.3 Å². The van der Waals surface area contributed by atoms with Crippen LogP contribution in [0, 0.1) is 0 Å². The first-order valence-corrected chi connectivity index (χ1v) is 13.0. The number of nitrogens with zero attached hydrogens (tertiary/aromatic N) is 3. The van der Waals surface area contributed by atoms with Gasteiger partial charge in [-0.15, -0.1) is 11.3 Å². The minimum Gasteiger partial charge on any atom is -0.497 e. The fourth-order valence-electron chi connectivity index (χ4n) is 4.83. The highest BCUT2D eigenvalue weighted by molar-refractivity contribution is 7.16. The molecular weight excluding hydrogens is 492 g/mol. The summed E-state index contributed by atoms with van der Waals surface area (Å²) in [7, 11) is 4.74. The number of aromatic nitrogens is 1. The predicted molar refractivity (Wildman–Crippen MR) is 142 cm³/mol. The number of fused-ring (bicyclic) bond motifs is 1. The van der Waals surface area contributed by atoms with Crippen molar-refractivity contribution in [3.8, 4) is 17.2 Å². The number of carbonyl (C=O) groups is 2. The highest BCUT2D eigenvalue weighted by atomic mass is 32.1. The molecule has 1 aromatic heterocycles. The average Bonchev–Trinajstić information content (AvgIpc) is 3.52. The van der Waals surface area contributed by atoms with Crippen molar-refractivity contribution in [1.82, 2.24) is 9.88 Å². The van der Waals surface area contributed by atoms with Gasteiger partial charge in [-0.3, -0.25) is 14.9 Å². The minimum absolute atomic E-state index is 0.119. The molecule has 0 radical (unpaired) electrons. The van der Waals surface area contributed by atoms with Crippen LogP contribution in [-0.4, -0.2) is 69.2 Å². The lowest BCUT2D eigenvalue weighted by atomic mass is 10.1. The van der Waals surface area contributed by atoms with Gasteiger partial charge in [0.25, 0.3) is 5.91 Å². The Kier molecular flexibility index (Phi) is 7.18. The van der Waals surface area contributed by atoms with E-state index in [2.05, 4.69) is 15.2 Å². The molecule has 0 bridgehead atoms. The second-order valence-electron chi connectivity index (χ2n) is 8.98. The predicted octanol–water partition coefficient (Wildman–Crippen LogP) is 3.80. The van der Waals surface area contributed by atoms with E-state index in [1.165, 1.54) is 25.6 Å². The van der Waals surface area contributed by atoms with Crippen molar-refractivity contribution in [3.63, 3.8) is 0 Å². The van der Waals surface area contributed by atoms with Crippen molar-refractivity contribution in [2.75, 3.05) is 57.7 Å². The summed E-state index contributed by atoms with van der Waals surface area (Å²) in [6, 6.07) is 13.0. The monoisotopic (exact) mass is 522 g/mol. The molecule has 1 aliphatic carbocycles. The van der Waals surface area contributed by atoms with Crippen molar-refractivity contribution in [2.24, 2.45) is 0 Å². The van der Waals surface area contributed by atoms with Crippen LogP contribution in [0.15, 0.2) is 42.5 Å². The van der Waals surface area contributed by atoms with Crippen molar-refractivity contribution in [3.05, 3.63) is 58.6 Å². The molecule has 0 saturated carbocycles. The summed E-state index contributed by atoms with van der Waals surface area (Å²) in [5, 5.41) is 3.38. The molecule has 1 aliphatic heterocycles. The molecule has 2 aliphatic rings. The zero-order valence-corrected chi connectivity index (χ0v) is 22.0. The van der Waals surface area contributed by atoms with Gasteiger partial charge in [-0.1, -0.05) is 0 Å². The molecule has 2 aromatic carbocycles.